The van der Waals surface area contributed by atoms with E-state index in [0.29, 0.717) is 17.5 Å². The molecule has 12 rings (SSSR count). The van der Waals surface area contributed by atoms with E-state index in [2.05, 4.69) is 187 Å². The summed E-state index contributed by atoms with van der Waals surface area (Å²) in [6.07, 6.45) is 0. The number of benzene rings is 9. The zero-order valence-electron chi connectivity index (χ0n) is 33.5. The molecule has 0 saturated carbocycles. The van der Waals surface area contributed by atoms with Crippen LogP contribution in [0.5, 0.6) is 0 Å². The van der Waals surface area contributed by atoms with Crippen LogP contribution in [-0.4, -0.2) is 19.5 Å². The van der Waals surface area contributed by atoms with E-state index in [-0.39, 0.29) is 0 Å². The first-order chi connectivity index (χ1) is 30.7. The van der Waals surface area contributed by atoms with E-state index in [0.717, 1.165) is 72.0 Å². The number of furan rings is 1. The van der Waals surface area contributed by atoms with Crippen molar-refractivity contribution in [3.05, 3.63) is 218 Å². The van der Waals surface area contributed by atoms with Crippen molar-refractivity contribution in [3.8, 4) is 73.2 Å². The largest absolute Gasteiger partial charge is 0.456 e. The van der Waals surface area contributed by atoms with Crippen molar-refractivity contribution >= 4 is 43.7 Å². The highest BCUT2D eigenvalue weighted by Crippen LogP contribution is 2.40. The van der Waals surface area contributed by atoms with Gasteiger partial charge in [0.15, 0.2) is 17.5 Å². The third kappa shape index (κ3) is 6.23. The lowest BCUT2D eigenvalue weighted by atomic mass is 10.00. The Bertz CT molecular complexity index is 3590. The van der Waals surface area contributed by atoms with Crippen molar-refractivity contribution in [3.63, 3.8) is 0 Å². The van der Waals surface area contributed by atoms with Gasteiger partial charge in [0.25, 0.3) is 0 Å². The van der Waals surface area contributed by atoms with Gasteiger partial charge in [-0.1, -0.05) is 176 Å². The summed E-state index contributed by atoms with van der Waals surface area (Å²) in [6, 6.07) is 76.4. The second-order valence-corrected chi connectivity index (χ2v) is 15.6. The Labute approximate surface area is 357 Å². The van der Waals surface area contributed by atoms with E-state index < -0.39 is 0 Å². The maximum absolute atomic E-state index is 6.75. The van der Waals surface area contributed by atoms with Gasteiger partial charge in [0, 0.05) is 50.0 Å². The number of rotatable bonds is 7. The van der Waals surface area contributed by atoms with Crippen LogP contribution in [0.25, 0.3) is 117 Å². The number of para-hydroxylation sites is 1. The van der Waals surface area contributed by atoms with Crippen LogP contribution < -0.4 is 0 Å². The third-order valence-electron chi connectivity index (χ3n) is 11.9. The molecule has 0 aliphatic rings. The normalized spacial score (nSPS) is 11.5. The Hall–Kier alpha value is -8.41. The molecule has 62 heavy (non-hydrogen) atoms. The summed E-state index contributed by atoms with van der Waals surface area (Å²) in [4.78, 5) is 15.1. The topological polar surface area (TPSA) is 56.7 Å². The summed E-state index contributed by atoms with van der Waals surface area (Å²) >= 11 is 0. The van der Waals surface area contributed by atoms with Gasteiger partial charge in [-0.05, 0) is 69.8 Å². The lowest BCUT2D eigenvalue weighted by Crippen LogP contribution is -2.00. The van der Waals surface area contributed by atoms with E-state index in [1.165, 1.54) is 27.5 Å². The Morgan fingerprint density at radius 2 is 0.742 bits per heavy atom. The summed E-state index contributed by atoms with van der Waals surface area (Å²) in [5, 5.41) is 4.47. The second-order valence-electron chi connectivity index (χ2n) is 15.6. The highest BCUT2D eigenvalue weighted by molar-refractivity contribution is 6.17. The molecule has 0 aliphatic heterocycles. The molecule has 0 atom stereocenters. The van der Waals surface area contributed by atoms with Crippen LogP contribution >= 0.6 is 0 Å². The predicted octanol–water partition coefficient (Wildman–Crippen LogP) is 14.9. The van der Waals surface area contributed by atoms with E-state index in [4.69, 9.17) is 19.4 Å². The summed E-state index contributed by atoms with van der Waals surface area (Å²) in [7, 11) is 0. The van der Waals surface area contributed by atoms with Crippen LogP contribution in [0.4, 0.5) is 0 Å². The highest BCUT2D eigenvalue weighted by Gasteiger charge is 2.19. The van der Waals surface area contributed by atoms with Crippen LogP contribution in [0.2, 0.25) is 0 Å². The van der Waals surface area contributed by atoms with Crippen LogP contribution in [0.3, 0.4) is 0 Å². The summed E-state index contributed by atoms with van der Waals surface area (Å²) < 4.78 is 9.11. The van der Waals surface area contributed by atoms with Gasteiger partial charge in [-0.3, -0.25) is 0 Å². The average Bonchev–Trinajstić information content (AvgIpc) is 3.88. The van der Waals surface area contributed by atoms with Gasteiger partial charge >= 0.3 is 0 Å². The smallest absolute Gasteiger partial charge is 0.164 e. The van der Waals surface area contributed by atoms with Gasteiger partial charge in [-0.2, -0.15) is 0 Å². The van der Waals surface area contributed by atoms with Crippen molar-refractivity contribution in [1.29, 1.82) is 0 Å². The van der Waals surface area contributed by atoms with E-state index in [1.807, 2.05) is 36.4 Å². The minimum absolute atomic E-state index is 0.584. The zero-order chi connectivity index (χ0) is 41.0. The summed E-state index contributed by atoms with van der Waals surface area (Å²) in [5.41, 5.74) is 14.7. The number of fused-ring (bicyclic) bond motifs is 6. The fourth-order valence-electron chi connectivity index (χ4n) is 8.76. The molecule has 0 unspecified atom stereocenters. The fraction of sp³-hybridized carbons (Fsp3) is 0. The summed E-state index contributed by atoms with van der Waals surface area (Å²) in [6.45, 7) is 0. The van der Waals surface area contributed by atoms with Gasteiger partial charge in [-0.25, -0.2) is 15.0 Å². The first-order valence-electron chi connectivity index (χ1n) is 20.8. The Morgan fingerprint density at radius 3 is 1.39 bits per heavy atom. The molecule has 290 valence electrons. The molecule has 0 amide bonds. The van der Waals surface area contributed by atoms with Crippen molar-refractivity contribution in [2.45, 2.75) is 0 Å². The predicted molar refractivity (Wildman–Crippen MR) is 254 cm³/mol. The first-order valence-corrected chi connectivity index (χ1v) is 20.8. The van der Waals surface area contributed by atoms with Crippen LogP contribution in [0, 0.1) is 0 Å². The molecule has 0 aliphatic carbocycles. The SMILES string of the molecule is c1ccc(-c2ccc(-c3cccc(-n4c5ccccc5c5cc6c(cc54)oc4cc(-c5nc(-c7ccccc7)nc(-c7ccc(-c8ccccc8)cc7)n5)ccc46)c3)cc2)cc1. The lowest BCUT2D eigenvalue weighted by molar-refractivity contribution is 0.669. The minimum Gasteiger partial charge on any atom is -0.456 e. The Kier molecular flexibility index (Phi) is 8.42. The quantitative estimate of drug-likeness (QED) is 0.161. The van der Waals surface area contributed by atoms with Gasteiger partial charge < -0.3 is 8.98 Å². The average molecular weight is 793 g/mol. The molecule has 0 saturated heterocycles. The Morgan fingerprint density at radius 1 is 0.274 bits per heavy atom. The van der Waals surface area contributed by atoms with Gasteiger partial charge in [0.1, 0.15) is 11.2 Å². The van der Waals surface area contributed by atoms with Crippen LogP contribution in [-0.2, 0) is 0 Å². The van der Waals surface area contributed by atoms with E-state index >= 15 is 0 Å². The molecule has 5 nitrogen and oxygen atoms in total. The zero-order valence-corrected chi connectivity index (χ0v) is 33.5. The highest BCUT2D eigenvalue weighted by atomic mass is 16.3. The van der Waals surface area contributed by atoms with Crippen molar-refractivity contribution in [2.24, 2.45) is 0 Å². The molecule has 3 aromatic heterocycles. The maximum atomic E-state index is 6.75. The number of hydrogen-bond acceptors (Lipinski definition) is 4. The molecule has 12 aromatic rings. The maximum Gasteiger partial charge on any atom is 0.164 e. The number of aromatic nitrogens is 4. The number of nitrogens with zero attached hydrogens (tertiary/aromatic N) is 4. The second kappa shape index (κ2) is 14.7. The fourth-order valence-corrected chi connectivity index (χ4v) is 8.76. The molecule has 0 bridgehead atoms. The standard InChI is InChI=1S/C57H36N4O/c1-4-13-37(14-5-1)39-23-25-41(26-24-39)44-19-12-20-46(33-44)61-51-22-11-10-21-47(51)49-35-50-48-32-31-45(34-53(48)62-54(50)36-52(49)61)57-59-55(42-17-8-3-9-18-42)58-56(60-57)43-29-27-40(28-30-43)38-15-6-2-7-16-38/h1-36H. The molecule has 3 heterocycles. The molecule has 0 spiro atoms. The van der Waals surface area contributed by atoms with Crippen molar-refractivity contribution in [1.82, 2.24) is 19.5 Å². The third-order valence-corrected chi connectivity index (χ3v) is 11.9. The monoisotopic (exact) mass is 792 g/mol. The van der Waals surface area contributed by atoms with E-state index in [9.17, 15) is 0 Å². The van der Waals surface area contributed by atoms with Crippen molar-refractivity contribution in [2.75, 3.05) is 0 Å². The van der Waals surface area contributed by atoms with Gasteiger partial charge in [0.05, 0.1) is 11.0 Å². The van der Waals surface area contributed by atoms with Gasteiger partial charge in [0.2, 0.25) is 0 Å². The van der Waals surface area contributed by atoms with Crippen LogP contribution in [0.15, 0.2) is 223 Å². The lowest BCUT2D eigenvalue weighted by Gasteiger charge is -2.11. The molecular weight excluding hydrogens is 757 g/mol. The number of hydrogen-bond donors (Lipinski definition) is 0. The molecule has 5 heteroatoms. The molecule has 9 aromatic carbocycles. The first kappa shape index (κ1) is 35.5. The van der Waals surface area contributed by atoms with E-state index in [1.54, 1.807) is 0 Å². The molecule has 0 fully saturated rings. The van der Waals surface area contributed by atoms with Gasteiger partial charge in [-0.15, -0.1) is 0 Å². The summed E-state index contributed by atoms with van der Waals surface area (Å²) in [5.74, 6) is 1.81. The molecule has 0 radical (unpaired) electrons. The minimum atomic E-state index is 0.584. The molecular formula is C57H36N4O. The van der Waals surface area contributed by atoms with Crippen LogP contribution in [0.1, 0.15) is 0 Å². The Balaban J connectivity index is 0.952. The van der Waals surface area contributed by atoms with Crippen molar-refractivity contribution < 1.29 is 4.42 Å². The molecule has 0 N–H and O–H groups in total.